The third-order valence-electron chi connectivity index (χ3n) is 5.05. The zero-order chi connectivity index (χ0) is 20.8. The molecule has 2 aromatic heterocycles. The molecule has 8 nitrogen and oxygen atoms in total. The lowest BCUT2D eigenvalue weighted by Crippen LogP contribution is -2.24. The zero-order valence-corrected chi connectivity index (χ0v) is 17.1. The predicted octanol–water partition coefficient (Wildman–Crippen LogP) is 3.40. The average molecular weight is 394 g/mol. The number of amides is 1. The van der Waals surface area contributed by atoms with Crippen LogP contribution in [0.2, 0.25) is 0 Å². The standard InChI is InChI=1S/C21H26N6O2/c1-12(13-7-9-15(10-8-13)24-18(28)14-5-6-14)23-20-25-17-16(19(29)26-20)11-22-27(17)21(2,3)4/h7-12,14H,5-6H2,1-4H3,(H,24,28)(H2,23,25,26,29). The first-order valence-electron chi connectivity index (χ1n) is 9.88. The van der Waals surface area contributed by atoms with E-state index in [4.69, 9.17) is 0 Å². The van der Waals surface area contributed by atoms with Crippen LogP contribution >= 0.6 is 0 Å². The Kier molecular flexibility index (Phi) is 4.64. The van der Waals surface area contributed by atoms with Crippen molar-refractivity contribution in [1.29, 1.82) is 0 Å². The fourth-order valence-electron chi connectivity index (χ4n) is 3.21. The van der Waals surface area contributed by atoms with E-state index in [1.54, 1.807) is 10.9 Å². The summed E-state index contributed by atoms with van der Waals surface area (Å²) >= 11 is 0. The van der Waals surface area contributed by atoms with Gasteiger partial charge in [-0.05, 0) is 58.2 Å². The zero-order valence-electron chi connectivity index (χ0n) is 17.1. The van der Waals surface area contributed by atoms with Crippen molar-refractivity contribution < 1.29 is 4.79 Å². The molecule has 3 N–H and O–H groups in total. The Morgan fingerprint density at radius 3 is 2.55 bits per heavy atom. The van der Waals surface area contributed by atoms with E-state index < -0.39 is 0 Å². The molecule has 0 saturated heterocycles. The van der Waals surface area contributed by atoms with E-state index in [0.29, 0.717) is 17.0 Å². The maximum Gasteiger partial charge on any atom is 0.263 e. The molecule has 4 rings (SSSR count). The highest BCUT2D eigenvalue weighted by Gasteiger charge is 2.29. The summed E-state index contributed by atoms with van der Waals surface area (Å²) in [4.78, 5) is 31.7. The molecule has 3 aromatic rings. The number of H-pyrrole nitrogens is 1. The molecule has 0 aliphatic heterocycles. The average Bonchev–Trinajstić information content (AvgIpc) is 3.40. The molecule has 1 aromatic carbocycles. The Morgan fingerprint density at radius 1 is 1.24 bits per heavy atom. The van der Waals surface area contributed by atoms with Crippen LogP contribution in [0.4, 0.5) is 11.6 Å². The normalized spacial score (nSPS) is 15.3. The van der Waals surface area contributed by atoms with Crippen LogP contribution in [0.1, 0.15) is 52.1 Å². The number of nitrogens with one attached hydrogen (secondary N) is 3. The van der Waals surface area contributed by atoms with Gasteiger partial charge in [0.2, 0.25) is 11.9 Å². The molecular weight excluding hydrogens is 368 g/mol. The lowest BCUT2D eigenvalue weighted by molar-refractivity contribution is -0.117. The Hall–Kier alpha value is -3.16. The SMILES string of the molecule is CC(Nc1nc2c(cnn2C(C)(C)C)c(=O)[nH]1)c1ccc(NC(=O)C2CC2)cc1. The van der Waals surface area contributed by atoms with Crippen molar-refractivity contribution in [3.63, 3.8) is 0 Å². The number of aromatic nitrogens is 4. The van der Waals surface area contributed by atoms with Gasteiger partial charge in [0, 0.05) is 11.6 Å². The number of nitrogens with zero attached hydrogens (tertiary/aromatic N) is 3. The molecule has 29 heavy (non-hydrogen) atoms. The van der Waals surface area contributed by atoms with Crippen molar-refractivity contribution in [1.82, 2.24) is 19.7 Å². The number of anilines is 2. The second-order valence-electron chi connectivity index (χ2n) is 8.63. The van der Waals surface area contributed by atoms with Crippen molar-refractivity contribution in [2.24, 2.45) is 5.92 Å². The summed E-state index contributed by atoms with van der Waals surface area (Å²) in [5, 5.41) is 11.0. The third-order valence-corrected chi connectivity index (χ3v) is 5.05. The molecule has 1 aliphatic rings. The van der Waals surface area contributed by atoms with Gasteiger partial charge in [-0.3, -0.25) is 14.6 Å². The predicted molar refractivity (Wildman–Crippen MR) is 113 cm³/mol. The van der Waals surface area contributed by atoms with E-state index in [0.717, 1.165) is 24.1 Å². The Morgan fingerprint density at radius 2 is 1.93 bits per heavy atom. The summed E-state index contributed by atoms with van der Waals surface area (Å²) in [5.74, 6) is 0.663. The molecule has 1 unspecified atom stereocenters. The number of fused-ring (bicyclic) bond motifs is 1. The minimum Gasteiger partial charge on any atom is -0.349 e. The molecule has 1 saturated carbocycles. The number of rotatable bonds is 5. The monoisotopic (exact) mass is 394 g/mol. The highest BCUT2D eigenvalue weighted by molar-refractivity contribution is 5.94. The van der Waals surface area contributed by atoms with Crippen LogP contribution in [-0.4, -0.2) is 25.7 Å². The van der Waals surface area contributed by atoms with E-state index in [1.807, 2.05) is 52.0 Å². The smallest absolute Gasteiger partial charge is 0.263 e. The fourth-order valence-corrected chi connectivity index (χ4v) is 3.21. The van der Waals surface area contributed by atoms with Gasteiger partial charge in [0.15, 0.2) is 5.65 Å². The molecule has 8 heteroatoms. The second kappa shape index (κ2) is 7.02. The molecule has 1 aliphatic carbocycles. The van der Waals surface area contributed by atoms with Gasteiger partial charge >= 0.3 is 0 Å². The van der Waals surface area contributed by atoms with Gasteiger partial charge in [0.1, 0.15) is 5.39 Å². The lowest BCUT2D eigenvalue weighted by atomic mass is 10.1. The van der Waals surface area contributed by atoms with Crippen LogP contribution in [0, 0.1) is 5.92 Å². The van der Waals surface area contributed by atoms with Crippen LogP contribution in [0.25, 0.3) is 11.0 Å². The summed E-state index contributed by atoms with van der Waals surface area (Å²) < 4.78 is 1.75. The molecular formula is C21H26N6O2. The minimum absolute atomic E-state index is 0.0882. The van der Waals surface area contributed by atoms with Gasteiger partial charge in [-0.1, -0.05) is 12.1 Å². The third kappa shape index (κ3) is 4.01. The number of carbonyl (C=O) groups excluding carboxylic acids is 1. The summed E-state index contributed by atoms with van der Waals surface area (Å²) in [6.45, 7) is 8.04. The summed E-state index contributed by atoms with van der Waals surface area (Å²) in [5.41, 5.74) is 1.85. The fraction of sp³-hybridized carbons (Fsp3) is 0.429. The Bertz CT molecular complexity index is 1100. The van der Waals surface area contributed by atoms with E-state index in [-0.39, 0.29) is 29.0 Å². The van der Waals surface area contributed by atoms with Gasteiger partial charge in [-0.2, -0.15) is 10.1 Å². The molecule has 1 amide bonds. The van der Waals surface area contributed by atoms with E-state index in [9.17, 15) is 9.59 Å². The number of benzene rings is 1. The van der Waals surface area contributed by atoms with Gasteiger partial charge in [-0.15, -0.1) is 0 Å². The highest BCUT2D eigenvalue weighted by atomic mass is 16.2. The van der Waals surface area contributed by atoms with Crippen LogP contribution < -0.4 is 16.2 Å². The van der Waals surface area contributed by atoms with Crippen molar-refractivity contribution in [3.05, 3.63) is 46.4 Å². The van der Waals surface area contributed by atoms with Gasteiger partial charge in [-0.25, -0.2) is 4.68 Å². The van der Waals surface area contributed by atoms with Gasteiger partial charge < -0.3 is 10.6 Å². The molecule has 152 valence electrons. The number of hydrogen-bond acceptors (Lipinski definition) is 5. The molecule has 2 heterocycles. The largest absolute Gasteiger partial charge is 0.349 e. The summed E-state index contributed by atoms with van der Waals surface area (Å²) in [6, 6.07) is 7.60. The maximum absolute atomic E-state index is 12.4. The first-order chi connectivity index (χ1) is 13.7. The molecule has 1 atom stereocenters. The van der Waals surface area contributed by atoms with Crippen LogP contribution in [0.5, 0.6) is 0 Å². The molecule has 0 bridgehead atoms. The van der Waals surface area contributed by atoms with Crippen molar-refractivity contribution in [2.45, 2.75) is 52.1 Å². The number of carbonyl (C=O) groups is 1. The molecule has 0 spiro atoms. The Labute approximate surface area is 168 Å². The first-order valence-corrected chi connectivity index (χ1v) is 9.88. The molecule has 1 fully saturated rings. The summed E-state index contributed by atoms with van der Waals surface area (Å²) in [6.07, 6.45) is 3.51. The molecule has 0 radical (unpaired) electrons. The van der Waals surface area contributed by atoms with Gasteiger partial charge in [0.05, 0.1) is 17.8 Å². The Balaban J connectivity index is 1.53. The quantitative estimate of drug-likeness (QED) is 0.615. The van der Waals surface area contributed by atoms with Gasteiger partial charge in [0.25, 0.3) is 5.56 Å². The van der Waals surface area contributed by atoms with E-state index in [2.05, 4.69) is 25.7 Å². The summed E-state index contributed by atoms with van der Waals surface area (Å²) in [7, 11) is 0. The minimum atomic E-state index is -0.286. The van der Waals surface area contributed by atoms with Crippen molar-refractivity contribution >= 4 is 28.6 Å². The second-order valence-corrected chi connectivity index (χ2v) is 8.63. The van der Waals surface area contributed by atoms with Crippen LogP contribution in [0.3, 0.4) is 0 Å². The van der Waals surface area contributed by atoms with E-state index >= 15 is 0 Å². The topological polar surface area (TPSA) is 105 Å². The van der Waals surface area contributed by atoms with Crippen LogP contribution in [0.15, 0.2) is 35.3 Å². The number of aromatic amines is 1. The van der Waals surface area contributed by atoms with Crippen molar-refractivity contribution in [3.8, 4) is 0 Å². The first kappa shape index (κ1) is 19.2. The number of hydrogen-bond donors (Lipinski definition) is 3. The highest BCUT2D eigenvalue weighted by Crippen LogP contribution is 2.30. The van der Waals surface area contributed by atoms with Crippen molar-refractivity contribution in [2.75, 3.05) is 10.6 Å². The maximum atomic E-state index is 12.4. The van der Waals surface area contributed by atoms with E-state index in [1.165, 1.54) is 0 Å². The lowest BCUT2D eigenvalue weighted by Gasteiger charge is -2.20. The van der Waals surface area contributed by atoms with Crippen LogP contribution in [-0.2, 0) is 10.3 Å².